The maximum atomic E-state index is 5.68. The Morgan fingerprint density at radius 3 is 2.88 bits per heavy atom. The molecule has 0 fully saturated rings. The fourth-order valence-electron chi connectivity index (χ4n) is 1.45. The zero-order chi connectivity index (χ0) is 12.3. The Hall–Kier alpha value is -1.62. The molecule has 1 aromatic heterocycles. The van der Waals surface area contributed by atoms with Crippen LogP contribution in [0.5, 0.6) is 11.6 Å². The van der Waals surface area contributed by atoms with Crippen LogP contribution in [-0.4, -0.2) is 9.97 Å². The maximum absolute atomic E-state index is 5.68. The number of hydrogen-bond donors (Lipinski definition) is 1. The van der Waals surface area contributed by atoms with Crippen LogP contribution >= 0.6 is 15.9 Å². The highest BCUT2D eigenvalue weighted by atomic mass is 79.9. The molecule has 17 heavy (non-hydrogen) atoms. The van der Waals surface area contributed by atoms with Gasteiger partial charge in [0, 0.05) is 16.7 Å². The molecule has 5 heteroatoms. The van der Waals surface area contributed by atoms with Crippen LogP contribution < -0.4 is 10.5 Å². The van der Waals surface area contributed by atoms with E-state index in [2.05, 4.69) is 32.8 Å². The van der Waals surface area contributed by atoms with E-state index in [0.717, 1.165) is 22.2 Å². The quantitative estimate of drug-likeness (QED) is 0.944. The topological polar surface area (TPSA) is 61.0 Å². The summed E-state index contributed by atoms with van der Waals surface area (Å²) in [7, 11) is 0. The first-order chi connectivity index (χ1) is 8.19. The van der Waals surface area contributed by atoms with Gasteiger partial charge >= 0.3 is 0 Å². The van der Waals surface area contributed by atoms with E-state index in [1.165, 1.54) is 0 Å². The second-order valence-electron chi connectivity index (χ2n) is 3.46. The van der Waals surface area contributed by atoms with Crippen LogP contribution in [0.2, 0.25) is 0 Å². The van der Waals surface area contributed by atoms with Crippen LogP contribution in [0.15, 0.2) is 34.9 Å². The zero-order valence-corrected chi connectivity index (χ0v) is 10.9. The number of halogens is 1. The molecule has 0 spiro atoms. The molecule has 1 heterocycles. The van der Waals surface area contributed by atoms with Crippen LogP contribution in [0, 0.1) is 0 Å². The van der Waals surface area contributed by atoms with E-state index in [4.69, 9.17) is 10.5 Å². The Morgan fingerprint density at radius 1 is 1.35 bits per heavy atom. The highest BCUT2D eigenvalue weighted by Crippen LogP contribution is 2.27. The molecule has 0 saturated carbocycles. The van der Waals surface area contributed by atoms with E-state index in [-0.39, 0.29) is 5.95 Å². The van der Waals surface area contributed by atoms with Crippen molar-refractivity contribution in [2.75, 3.05) is 5.73 Å². The number of anilines is 1. The third-order valence-electron chi connectivity index (χ3n) is 2.27. The number of benzene rings is 1. The maximum Gasteiger partial charge on any atom is 0.224 e. The van der Waals surface area contributed by atoms with Gasteiger partial charge in [0.2, 0.25) is 11.8 Å². The highest BCUT2D eigenvalue weighted by molar-refractivity contribution is 9.10. The van der Waals surface area contributed by atoms with Crippen molar-refractivity contribution in [2.24, 2.45) is 0 Å². The third-order valence-corrected chi connectivity index (χ3v) is 2.76. The summed E-state index contributed by atoms with van der Waals surface area (Å²) >= 11 is 3.43. The summed E-state index contributed by atoms with van der Waals surface area (Å²) in [5.41, 5.74) is 6.61. The number of aromatic nitrogens is 2. The average Bonchev–Trinajstić information content (AvgIpc) is 2.31. The first-order valence-electron chi connectivity index (χ1n) is 5.24. The lowest BCUT2D eigenvalue weighted by atomic mass is 10.1. The average molecular weight is 294 g/mol. The molecule has 2 N–H and O–H groups in total. The molecule has 2 rings (SSSR count). The van der Waals surface area contributed by atoms with Gasteiger partial charge in [-0.2, -0.15) is 4.98 Å². The summed E-state index contributed by atoms with van der Waals surface area (Å²) in [6.07, 6.45) is 2.46. The Kier molecular flexibility index (Phi) is 3.58. The molecule has 0 radical (unpaired) electrons. The van der Waals surface area contributed by atoms with Gasteiger partial charge < -0.3 is 10.5 Å². The van der Waals surface area contributed by atoms with Gasteiger partial charge in [-0.3, -0.25) is 0 Å². The molecule has 0 unspecified atom stereocenters. The standard InChI is InChI=1S/C12H12BrN3O/c1-2-8-7-9(13)3-4-10(8)17-11-5-6-15-12(14)16-11/h3-7H,2H2,1H3,(H2,14,15,16). The Morgan fingerprint density at radius 2 is 2.18 bits per heavy atom. The molecule has 0 aliphatic carbocycles. The minimum Gasteiger partial charge on any atom is -0.439 e. The van der Waals surface area contributed by atoms with Gasteiger partial charge in [0.25, 0.3) is 0 Å². The van der Waals surface area contributed by atoms with Gasteiger partial charge in [-0.05, 0) is 30.2 Å². The summed E-state index contributed by atoms with van der Waals surface area (Å²) in [5.74, 6) is 1.45. The SMILES string of the molecule is CCc1cc(Br)ccc1Oc1ccnc(N)n1. The molecule has 0 bridgehead atoms. The van der Waals surface area contributed by atoms with Crippen LogP contribution in [0.25, 0.3) is 0 Å². The number of rotatable bonds is 3. The Balaban J connectivity index is 2.29. The molecule has 0 saturated heterocycles. The van der Waals surface area contributed by atoms with Crippen molar-refractivity contribution < 1.29 is 4.74 Å². The molecule has 0 amide bonds. The predicted octanol–water partition coefficient (Wildman–Crippen LogP) is 3.18. The van der Waals surface area contributed by atoms with E-state index in [0.29, 0.717) is 5.88 Å². The second-order valence-corrected chi connectivity index (χ2v) is 4.38. The summed E-state index contributed by atoms with van der Waals surface area (Å²) < 4.78 is 6.72. The molecule has 4 nitrogen and oxygen atoms in total. The normalized spacial score (nSPS) is 10.2. The summed E-state index contributed by atoms with van der Waals surface area (Å²) in [5, 5.41) is 0. The van der Waals surface area contributed by atoms with Crippen molar-refractivity contribution in [1.82, 2.24) is 9.97 Å². The van der Waals surface area contributed by atoms with Crippen LogP contribution in [0.1, 0.15) is 12.5 Å². The van der Waals surface area contributed by atoms with E-state index in [9.17, 15) is 0 Å². The molecular formula is C12H12BrN3O. The molecular weight excluding hydrogens is 282 g/mol. The first-order valence-corrected chi connectivity index (χ1v) is 6.03. The summed E-state index contributed by atoms with van der Waals surface area (Å²) in [6, 6.07) is 7.54. The van der Waals surface area contributed by atoms with Crippen LogP contribution in [0.3, 0.4) is 0 Å². The van der Waals surface area contributed by atoms with Crippen LogP contribution in [-0.2, 0) is 6.42 Å². The largest absolute Gasteiger partial charge is 0.439 e. The monoisotopic (exact) mass is 293 g/mol. The van der Waals surface area contributed by atoms with Gasteiger partial charge in [-0.25, -0.2) is 4.98 Å². The zero-order valence-electron chi connectivity index (χ0n) is 9.35. The van der Waals surface area contributed by atoms with Crippen molar-refractivity contribution >= 4 is 21.9 Å². The van der Waals surface area contributed by atoms with Gasteiger partial charge in [0.1, 0.15) is 5.75 Å². The number of nitrogens with two attached hydrogens (primary N) is 1. The lowest BCUT2D eigenvalue weighted by molar-refractivity contribution is 0.457. The van der Waals surface area contributed by atoms with E-state index in [1.54, 1.807) is 12.3 Å². The molecule has 2 aromatic rings. The Bertz CT molecular complexity index is 531. The van der Waals surface area contributed by atoms with Gasteiger partial charge in [0.15, 0.2) is 0 Å². The number of aryl methyl sites for hydroxylation is 1. The smallest absolute Gasteiger partial charge is 0.224 e. The highest BCUT2D eigenvalue weighted by Gasteiger charge is 2.05. The number of ether oxygens (including phenoxy) is 1. The minimum absolute atomic E-state index is 0.206. The molecule has 88 valence electrons. The lowest BCUT2D eigenvalue weighted by Gasteiger charge is -2.09. The van der Waals surface area contributed by atoms with Crippen molar-refractivity contribution in [2.45, 2.75) is 13.3 Å². The lowest BCUT2D eigenvalue weighted by Crippen LogP contribution is -1.97. The van der Waals surface area contributed by atoms with Gasteiger partial charge in [-0.15, -0.1) is 0 Å². The molecule has 0 aliphatic heterocycles. The van der Waals surface area contributed by atoms with Gasteiger partial charge in [-0.1, -0.05) is 22.9 Å². The van der Waals surface area contributed by atoms with E-state index < -0.39 is 0 Å². The van der Waals surface area contributed by atoms with Crippen LogP contribution in [0.4, 0.5) is 5.95 Å². The predicted molar refractivity (Wildman–Crippen MR) is 70.0 cm³/mol. The number of nitrogens with zero attached hydrogens (tertiary/aromatic N) is 2. The van der Waals surface area contributed by atoms with E-state index >= 15 is 0 Å². The van der Waals surface area contributed by atoms with Gasteiger partial charge in [0.05, 0.1) is 0 Å². The second kappa shape index (κ2) is 5.14. The number of nitrogen functional groups attached to an aromatic ring is 1. The first kappa shape index (κ1) is 11.9. The third kappa shape index (κ3) is 2.94. The van der Waals surface area contributed by atoms with E-state index in [1.807, 2.05) is 18.2 Å². The number of hydrogen-bond acceptors (Lipinski definition) is 4. The Labute approximate surface area is 108 Å². The summed E-state index contributed by atoms with van der Waals surface area (Å²) in [4.78, 5) is 7.82. The van der Waals surface area contributed by atoms with Crippen molar-refractivity contribution in [3.63, 3.8) is 0 Å². The molecule has 0 atom stereocenters. The fraction of sp³-hybridized carbons (Fsp3) is 0.167. The minimum atomic E-state index is 0.206. The summed E-state index contributed by atoms with van der Waals surface area (Å²) in [6.45, 7) is 2.07. The van der Waals surface area contributed by atoms with Crippen molar-refractivity contribution in [3.8, 4) is 11.6 Å². The molecule has 1 aromatic carbocycles. The van der Waals surface area contributed by atoms with Crippen molar-refractivity contribution in [1.29, 1.82) is 0 Å². The molecule has 0 aliphatic rings. The fourth-order valence-corrected chi connectivity index (χ4v) is 1.86. The van der Waals surface area contributed by atoms with Crippen molar-refractivity contribution in [3.05, 3.63) is 40.5 Å².